The molecular weight excluding hydrogens is 392 g/mol. The summed E-state index contributed by atoms with van der Waals surface area (Å²) >= 11 is 0. The number of benzene rings is 1. The molecule has 0 radical (unpaired) electrons. The van der Waals surface area contributed by atoms with Crippen molar-refractivity contribution in [2.24, 2.45) is 0 Å². The van der Waals surface area contributed by atoms with E-state index in [1.54, 1.807) is 17.0 Å². The number of amides is 1. The normalized spacial score (nSPS) is 15.2. The van der Waals surface area contributed by atoms with Gasteiger partial charge in [0.05, 0.1) is 34.0 Å². The van der Waals surface area contributed by atoms with Crippen LogP contribution in [0.3, 0.4) is 0 Å². The lowest BCUT2D eigenvalue weighted by molar-refractivity contribution is 0.0465. The molecule has 1 unspecified atom stereocenters. The van der Waals surface area contributed by atoms with Gasteiger partial charge < -0.3 is 39.7 Å². The van der Waals surface area contributed by atoms with Crippen molar-refractivity contribution in [1.29, 1.82) is 0 Å². The number of hydrogen-bond acceptors (Lipinski definition) is 6. The van der Waals surface area contributed by atoms with Gasteiger partial charge in [0.1, 0.15) is 0 Å². The predicted molar refractivity (Wildman–Crippen MR) is 109 cm³/mol. The number of carbonyl (C=O) groups is 1. The molecule has 1 aromatic rings. The molecule has 1 amide bonds. The molecule has 1 aliphatic heterocycles. The maximum atomic E-state index is 12.8. The van der Waals surface area contributed by atoms with Crippen LogP contribution in [0.4, 0.5) is 0 Å². The van der Waals surface area contributed by atoms with E-state index < -0.39 is 0 Å². The van der Waals surface area contributed by atoms with Crippen molar-refractivity contribution in [2.75, 3.05) is 61.7 Å². The van der Waals surface area contributed by atoms with E-state index in [4.69, 9.17) is 18.9 Å². The van der Waals surface area contributed by atoms with E-state index in [1.165, 1.54) is 21.3 Å². The molecule has 0 aliphatic carbocycles. The summed E-state index contributed by atoms with van der Waals surface area (Å²) in [5, 5.41) is 0. The van der Waals surface area contributed by atoms with Gasteiger partial charge in [-0.3, -0.25) is 4.79 Å². The van der Waals surface area contributed by atoms with Gasteiger partial charge >= 0.3 is 0 Å². The molecule has 1 saturated heterocycles. The van der Waals surface area contributed by atoms with E-state index in [2.05, 4.69) is 4.90 Å². The second-order valence-electron chi connectivity index (χ2n) is 6.25. The lowest BCUT2D eigenvalue weighted by Gasteiger charge is -2.19. The maximum Gasteiger partial charge on any atom is 0.254 e. The molecule has 28 heavy (non-hydrogen) atoms. The first-order chi connectivity index (χ1) is 12.0. The highest BCUT2D eigenvalue weighted by molar-refractivity contribution is 5.95. The SMILES string of the molecule is COc1cc(C(=O)N2CCC(OCCN(C)C)C2)cc(OC)c1OC.Cl.O.O. The van der Waals surface area contributed by atoms with Gasteiger partial charge in [0.15, 0.2) is 11.5 Å². The smallest absolute Gasteiger partial charge is 0.254 e. The number of ether oxygens (including phenoxy) is 4. The summed E-state index contributed by atoms with van der Waals surface area (Å²) in [6.07, 6.45) is 0.940. The Kier molecular flexibility index (Phi) is 13.6. The maximum absolute atomic E-state index is 12.8. The Labute approximate surface area is 172 Å². The van der Waals surface area contributed by atoms with Crippen molar-refractivity contribution >= 4 is 18.3 Å². The molecule has 1 fully saturated rings. The average molecular weight is 425 g/mol. The fourth-order valence-corrected chi connectivity index (χ4v) is 2.84. The van der Waals surface area contributed by atoms with Crippen molar-refractivity contribution in [3.05, 3.63) is 17.7 Å². The number of rotatable bonds is 8. The third-order valence-electron chi connectivity index (χ3n) is 4.24. The monoisotopic (exact) mass is 424 g/mol. The lowest BCUT2D eigenvalue weighted by Crippen LogP contribution is -2.31. The molecule has 0 spiro atoms. The Hall–Kier alpha value is -1.78. The molecule has 0 bridgehead atoms. The number of hydrogen-bond donors (Lipinski definition) is 0. The number of carbonyl (C=O) groups excluding carboxylic acids is 1. The fourth-order valence-electron chi connectivity index (χ4n) is 2.84. The molecule has 1 heterocycles. The van der Waals surface area contributed by atoms with Gasteiger partial charge in [0, 0.05) is 25.2 Å². The van der Waals surface area contributed by atoms with Crippen LogP contribution >= 0.6 is 12.4 Å². The summed E-state index contributed by atoms with van der Waals surface area (Å²) in [7, 11) is 8.64. The van der Waals surface area contributed by atoms with Crippen LogP contribution in [0.15, 0.2) is 12.1 Å². The van der Waals surface area contributed by atoms with Gasteiger partial charge in [-0.2, -0.15) is 0 Å². The van der Waals surface area contributed by atoms with Gasteiger partial charge in [0.2, 0.25) is 5.75 Å². The quantitative estimate of drug-likeness (QED) is 0.590. The van der Waals surface area contributed by atoms with Crippen LogP contribution in [0.1, 0.15) is 16.8 Å². The lowest BCUT2D eigenvalue weighted by atomic mass is 10.1. The molecule has 9 nitrogen and oxygen atoms in total. The standard InChI is InChI=1S/C18H28N2O5.ClH.2H2O/c1-19(2)8-9-25-14-6-7-20(12-14)18(21)13-10-15(22-3)17(24-5)16(11-13)23-4;;;/h10-11,14H,6-9,12H2,1-5H3;1H;2*1H2. The Morgan fingerprint density at radius 2 is 1.68 bits per heavy atom. The predicted octanol–water partition coefficient (Wildman–Crippen LogP) is 0.277. The highest BCUT2D eigenvalue weighted by Gasteiger charge is 2.28. The van der Waals surface area contributed by atoms with E-state index >= 15 is 0 Å². The highest BCUT2D eigenvalue weighted by Crippen LogP contribution is 2.38. The van der Waals surface area contributed by atoms with Crippen molar-refractivity contribution in [3.8, 4) is 17.2 Å². The highest BCUT2D eigenvalue weighted by atomic mass is 35.5. The number of halogens is 1. The van der Waals surface area contributed by atoms with Crippen molar-refractivity contribution in [2.45, 2.75) is 12.5 Å². The van der Waals surface area contributed by atoms with E-state index in [1.807, 2.05) is 14.1 Å². The van der Waals surface area contributed by atoms with Crippen LogP contribution in [-0.2, 0) is 4.74 Å². The van der Waals surface area contributed by atoms with Crippen LogP contribution in [-0.4, -0.2) is 94.4 Å². The van der Waals surface area contributed by atoms with E-state index in [0.717, 1.165) is 13.0 Å². The number of nitrogens with zero attached hydrogens (tertiary/aromatic N) is 2. The Bertz CT molecular complexity index is 576. The largest absolute Gasteiger partial charge is 0.493 e. The van der Waals surface area contributed by atoms with Crippen LogP contribution in [0.5, 0.6) is 17.2 Å². The first-order valence-electron chi connectivity index (χ1n) is 8.35. The summed E-state index contributed by atoms with van der Waals surface area (Å²) in [5.41, 5.74) is 0.517. The van der Waals surface area contributed by atoms with E-state index in [0.29, 0.717) is 42.5 Å². The van der Waals surface area contributed by atoms with Gasteiger partial charge in [-0.1, -0.05) is 0 Å². The summed E-state index contributed by atoms with van der Waals surface area (Å²) in [4.78, 5) is 16.7. The molecule has 4 N–H and O–H groups in total. The van der Waals surface area contributed by atoms with Crippen molar-refractivity contribution in [1.82, 2.24) is 9.80 Å². The molecule has 1 aromatic carbocycles. The first-order valence-corrected chi connectivity index (χ1v) is 8.35. The van der Waals surface area contributed by atoms with Gasteiger partial charge in [-0.15, -0.1) is 12.4 Å². The summed E-state index contributed by atoms with van der Waals surface area (Å²) in [6, 6.07) is 3.37. The van der Waals surface area contributed by atoms with Crippen LogP contribution in [0, 0.1) is 0 Å². The molecule has 0 saturated carbocycles. The minimum absolute atomic E-state index is 0. The topological polar surface area (TPSA) is 123 Å². The summed E-state index contributed by atoms with van der Waals surface area (Å²) in [5.74, 6) is 1.37. The van der Waals surface area contributed by atoms with Crippen molar-refractivity contribution in [3.63, 3.8) is 0 Å². The molecule has 164 valence electrons. The molecule has 10 heteroatoms. The molecule has 2 rings (SSSR count). The van der Waals surface area contributed by atoms with Crippen LogP contribution in [0.2, 0.25) is 0 Å². The third-order valence-corrected chi connectivity index (χ3v) is 4.24. The van der Waals surface area contributed by atoms with Crippen LogP contribution < -0.4 is 14.2 Å². The fraction of sp³-hybridized carbons (Fsp3) is 0.611. The minimum Gasteiger partial charge on any atom is -0.493 e. The third kappa shape index (κ3) is 6.99. The second kappa shape index (κ2) is 13.4. The molecule has 0 aromatic heterocycles. The Morgan fingerprint density at radius 1 is 1.11 bits per heavy atom. The molecule has 1 atom stereocenters. The van der Waals surface area contributed by atoms with E-state index in [-0.39, 0.29) is 35.4 Å². The van der Waals surface area contributed by atoms with Crippen molar-refractivity contribution < 1.29 is 34.7 Å². The summed E-state index contributed by atoms with van der Waals surface area (Å²) < 4.78 is 21.8. The zero-order valence-electron chi connectivity index (χ0n) is 17.1. The number of methoxy groups -OCH3 is 3. The van der Waals surface area contributed by atoms with Gasteiger partial charge in [0.25, 0.3) is 5.91 Å². The number of likely N-dealkylation sites (tertiary alicyclic amines) is 1. The van der Waals surface area contributed by atoms with Gasteiger partial charge in [-0.05, 0) is 32.6 Å². The van der Waals surface area contributed by atoms with E-state index in [9.17, 15) is 4.79 Å². The first kappa shape index (κ1) is 28.4. The zero-order valence-corrected chi connectivity index (χ0v) is 17.9. The molecule has 1 aliphatic rings. The summed E-state index contributed by atoms with van der Waals surface area (Å²) in [6.45, 7) is 2.83. The Morgan fingerprint density at radius 3 is 2.14 bits per heavy atom. The van der Waals surface area contributed by atoms with Crippen LogP contribution in [0.25, 0.3) is 0 Å². The minimum atomic E-state index is -0.0574. The number of likely N-dealkylation sites (N-methyl/N-ethyl adjacent to an activating group) is 1. The zero-order chi connectivity index (χ0) is 18.4. The molecular formula is C18H33ClN2O7. The second-order valence-corrected chi connectivity index (χ2v) is 6.25. The van der Waals surface area contributed by atoms with Gasteiger partial charge in [-0.25, -0.2) is 0 Å². The average Bonchev–Trinajstić information content (AvgIpc) is 3.08. The Balaban J connectivity index is 0.